The monoisotopic (exact) mass is 338 g/mol. The number of rotatable bonds is 3. The molecule has 2 aromatic rings. The molecule has 25 heavy (non-hydrogen) atoms. The van der Waals surface area contributed by atoms with Gasteiger partial charge in [-0.1, -0.05) is 6.07 Å². The van der Waals surface area contributed by atoms with Crippen LogP contribution in [0.15, 0.2) is 41.3 Å². The standard InChI is InChI=1S/C21H26N2O2/c1-25-20-5-3-15-2-4-19(12-18(15)13-20)23-10-7-16(8-11-23)17-6-9-22-21(24)14-17/h3,5-6,9,13-14,16,19H,2,4,7-8,10-12H2,1H3,(H,22,24). The number of ether oxygens (including phenoxy) is 1. The summed E-state index contributed by atoms with van der Waals surface area (Å²) in [6.45, 7) is 2.25. The highest BCUT2D eigenvalue weighted by molar-refractivity contribution is 5.38. The van der Waals surface area contributed by atoms with E-state index in [4.69, 9.17) is 4.74 Å². The molecule has 1 N–H and O–H groups in total. The highest BCUT2D eigenvalue weighted by Crippen LogP contribution is 2.32. The van der Waals surface area contributed by atoms with E-state index < -0.39 is 0 Å². The summed E-state index contributed by atoms with van der Waals surface area (Å²) in [7, 11) is 1.74. The summed E-state index contributed by atoms with van der Waals surface area (Å²) in [6.07, 6.45) is 7.60. The molecular formula is C21H26N2O2. The molecule has 0 saturated carbocycles. The lowest BCUT2D eigenvalue weighted by Gasteiger charge is -2.40. The summed E-state index contributed by atoms with van der Waals surface area (Å²) in [5.41, 5.74) is 4.14. The predicted molar refractivity (Wildman–Crippen MR) is 99.4 cm³/mol. The number of fused-ring (bicyclic) bond motifs is 1. The van der Waals surface area contributed by atoms with Crippen LogP contribution in [-0.4, -0.2) is 36.1 Å². The maximum Gasteiger partial charge on any atom is 0.248 e. The molecule has 1 aliphatic heterocycles. The number of piperidine rings is 1. The number of hydrogen-bond acceptors (Lipinski definition) is 3. The molecular weight excluding hydrogens is 312 g/mol. The van der Waals surface area contributed by atoms with Gasteiger partial charge in [0.05, 0.1) is 7.11 Å². The van der Waals surface area contributed by atoms with E-state index >= 15 is 0 Å². The molecule has 1 atom stereocenters. The smallest absolute Gasteiger partial charge is 0.248 e. The summed E-state index contributed by atoms with van der Waals surface area (Å²) in [5, 5.41) is 0. The fourth-order valence-corrected chi connectivity index (χ4v) is 4.47. The van der Waals surface area contributed by atoms with E-state index in [1.54, 1.807) is 19.4 Å². The lowest BCUT2D eigenvalue weighted by atomic mass is 9.84. The minimum absolute atomic E-state index is 0.0118. The van der Waals surface area contributed by atoms with E-state index in [9.17, 15) is 4.79 Å². The number of hydrogen-bond donors (Lipinski definition) is 1. The predicted octanol–water partition coefficient (Wildman–Crippen LogP) is 3.12. The molecule has 2 heterocycles. The van der Waals surface area contributed by atoms with Gasteiger partial charge in [-0.05, 0) is 86.0 Å². The first kappa shape index (κ1) is 16.4. The normalized spacial score (nSPS) is 21.7. The number of aryl methyl sites for hydroxylation is 1. The Morgan fingerprint density at radius 2 is 1.92 bits per heavy atom. The number of H-pyrrole nitrogens is 1. The molecule has 1 aromatic heterocycles. The van der Waals surface area contributed by atoms with Crippen LogP contribution in [0.3, 0.4) is 0 Å². The topological polar surface area (TPSA) is 45.3 Å². The zero-order chi connectivity index (χ0) is 17.2. The average Bonchev–Trinajstić information content (AvgIpc) is 2.67. The van der Waals surface area contributed by atoms with Crippen molar-refractivity contribution in [3.05, 3.63) is 63.6 Å². The number of pyridine rings is 1. The van der Waals surface area contributed by atoms with Crippen molar-refractivity contribution >= 4 is 0 Å². The molecule has 0 amide bonds. The van der Waals surface area contributed by atoms with Crippen molar-refractivity contribution in [1.29, 1.82) is 0 Å². The van der Waals surface area contributed by atoms with Gasteiger partial charge in [-0.15, -0.1) is 0 Å². The first-order chi connectivity index (χ1) is 12.2. The summed E-state index contributed by atoms with van der Waals surface area (Å²) >= 11 is 0. The van der Waals surface area contributed by atoms with Crippen molar-refractivity contribution in [1.82, 2.24) is 9.88 Å². The lowest BCUT2D eigenvalue weighted by Crippen LogP contribution is -2.43. The van der Waals surface area contributed by atoms with Crippen molar-refractivity contribution < 1.29 is 4.74 Å². The molecule has 0 spiro atoms. The first-order valence-corrected chi connectivity index (χ1v) is 9.31. The largest absolute Gasteiger partial charge is 0.497 e. The van der Waals surface area contributed by atoms with Gasteiger partial charge in [-0.3, -0.25) is 4.79 Å². The molecule has 1 unspecified atom stereocenters. The Labute approximate surface area is 148 Å². The molecule has 0 radical (unpaired) electrons. The van der Waals surface area contributed by atoms with Crippen LogP contribution < -0.4 is 10.3 Å². The van der Waals surface area contributed by atoms with E-state index in [0.29, 0.717) is 12.0 Å². The number of benzene rings is 1. The van der Waals surface area contributed by atoms with Crippen LogP contribution in [0.4, 0.5) is 0 Å². The minimum Gasteiger partial charge on any atom is -0.497 e. The zero-order valence-electron chi connectivity index (χ0n) is 14.8. The van der Waals surface area contributed by atoms with Gasteiger partial charge in [0.1, 0.15) is 5.75 Å². The summed E-state index contributed by atoms with van der Waals surface area (Å²) in [5.74, 6) is 1.49. The van der Waals surface area contributed by atoms with E-state index in [2.05, 4.69) is 34.1 Å². The Morgan fingerprint density at radius 1 is 1.08 bits per heavy atom. The van der Waals surface area contributed by atoms with Crippen LogP contribution >= 0.6 is 0 Å². The Kier molecular flexibility index (Phi) is 4.62. The van der Waals surface area contributed by atoms with Gasteiger partial charge in [-0.25, -0.2) is 0 Å². The molecule has 0 bridgehead atoms. The maximum atomic E-state index is 11.5. The van der Waals surface area contributed by atoms with Crippen LogP contribution in [-0.2, 0) is 12.8 Å². The second-order valence-corrected chi connectivity index (χ2v) is 7.33. The zero-order valence-corrected chi connectivity index (χ0v) is 14.8. The number of methoxy groups -OCH3 is 1. The third-order valence-electron chi connectivity index (χ3n) is 5.93. The van der Waals surface area contributed by atoms with Gasteiger partial charge >= 0.3 is 0 Å². The maximum absolute atomic E-state index is 11.5. The highest BCUT2D eigenvalue weighted by atomic mass is 16.5. The third kappa shape index (κ3) is 3.49. The Morgan fingerprint density at radius 3 is 2.68 bits per heavy atom. The molecule has 1 saturated heterocycles. The molecule has 132 valence electrons. The quantitative estimate of drug-likeness (QED) is 0.935. The van der Waals surface area contributed by atoms with E-state index in [-0.39, 0.29) is 5.56 Å². The van der Waals surface area contributed by atoms with Gasteiger partial charge in [0, 0.05) is 18.3 Å². The molecule has 1 aliphatic carbocycles. The van der Waals surface area contributed by atoms with Gasteiger partial charge < -0.3 is 14.6 Å². The molecule has 4 heteroatoms. The number of aromatic amines is 1. The van der Waals surface area contributed by atoms with Crippen LogP contribution in [0.1, 0.15) is 41.9 Å². The number of nitrogens with one attached hydrogen (secondary N) is 1. The van der Waals surface area contributed by atoms with Crippen LogP contribution in [0.25, 0.3) is 0 Å². The van der Waals surface area contributed by atoms with Gasteiger partial charge in [0.15, 0.2) is 0 Å². The van der Waals surface area contributed by atoms with E-state index in [1.807, 2.05) is 0 Å². The average molecular weight is 338 g/mol. The van der Waals surface area contributed by atoms with Crippen molar-refractivity contribution in [3.8, 4) is 5.75 Å². The molecule has 2 aliphatic rings. The van der Waals surface area contributed by atoms with Crippen molar-refractivity contribution in [3.63, 3.8) is 0 Å². The summed E-state index contributed by atoms with van der Waals surface area (Å²) in [6, 6.07) is 11.0. The van der Waals surface area contributed by atoms with Crippen molar-refractivity contribution in [2.45, 2.75) is 44.1 Å². The van der Waals surface area contributed by atoms with E-state index in [0.717, 1.165) is 44.5 Å². The molecule has 1 aromatic carbocycles. The SMILES string of the molecule is COc1ccc2c(c1)CC(N1CCC(c3cc[nH]c(=O)c3)CC1)CC2. The number of nitrogens with zero attached hydrogens (tertiary/aromatic N) is 1. The van der Waals surface area contributed by atoms with Crippen molar-refractivity contribution in [2.24, 2.45) is 0 Å². The molecule has 1 fully saturated rings. The Hall–Kier alpha value is -2.07. The van der Waals surface area contributed by atoms with Gasteiger partial charge in [0.2, 0.25) is 5.56 Å². The second kappa shape index (κ2) is 7.04. The second-order valence-electron chi connectivity index (χ2n) is 7.33. The first-order valence-electron chi connectivity index (χ1n) is 9.31. The highest BCUT2D eigenvalue weighted by Gasteiger charge is 2.28. The molecule has 4 nitrogen and oxygen atoms in total. The molecule has 4 rings (SSSR count). The van der Waals surface area contributed by atoms with Crippen molar-refractivity contribution in [2.75, 3.05) is 20.2 Å². The van der Waals surface area contributed by atoms with Gasteiger partial charge in [-0.2, -0.15) is 0 Å². The summed E-state index contributed by atoms with van der Waals surface area (Å²) < 4.78 is 5.39. The minimum atomic E-state index is 0.0118. The third-order valence-corrected chi connectivity index (χ3v) is 5.93. The Balaban J connectivity index is 1.40. The van der Waals surface area contributed by atoms with Gasteiger partial charge in [0.25, 0.3) is 0 Å². The fourth-order valence-electron chi connectivity index (χ4n) is 4.47. The van der Waals surface area contributed by atoms with Crippen LogP contribution in [0.2, 0.25) is 0 Å². The number of aromatic nitrogens is 1. The Bertz CT molecular complexity index is 790. The van der Waals surface area contributed by atoms with Crippen LogP contribution in [0, 0.1) is 0 Å². The fraction of sp³-hybridized carbons (Fsp3) is 0.476. The lowest BCUT2D eigenvalue weighted by molar-refractivity contribution is 0.139. The van der Waals surface area contributed by atoms with Crippen LogP contribution in [0.5, 0.6) is 5.75 Å². The summed E-state index contributed by atoms with van der Waals surface area (Å²) in [4.78, 5) is 16.9. The van der Waals surface area contributed by atoms with E-state index in [1.165, 1.54) is 23.1 Å². The number of likely N-dealkylation sites (tertiary alicyclic amines) is 1.